The van der Waals surface area contributed by atoms with E-state index in [0.29, 0.717) is 0 Å². The van der Waals surface area contributed by atoms with Gasteiger partial charge < -0.3 is 0 Å². The molecule has 2 nitrogen and oxygen atoms in total. The minimum atomic E-state index is -0.201. The minimum Gasteiger partial charge on any atom is -0.254 e. The number of fused-ring (bicyclic) bond motifs is 8. The molecular weight excluding hydrogens is 593 g/mol. The summed E-state index contributed by atoms with van der Waals surface area (Å²) in [6, 6.07) is 55.0. The molecule has 0 aliphatic heterocycles. The fraction of sp³-hybridized carbons (Fsp3) is 0.0638. The number of aromatic nitrogens is 2. The van der Waals surface area contributed by atoms with Crippen molar-refractivity contribution >= 4 is 43.1 Å². The average molecular weight is 625 g/mol. The first kappa shape index (κ1) is 27.9. The molecule has 0 N–H and O–H groups in total. The van der Waals surface area contributed by atoms with E-state index in [1.807, 2.05) is 6.20 Å². The van der Waals surface area contributed by atoms with Crippen molar-refractivity contribution in [3.63, 3.8) is 0 Å². The summed E-state index contributed by atoms with van der Waals surface area (Å²) in [6.45, 7) is 4.61. The van der Waals surface area contributed by atoms with Gasteiger partial charge in [0.2, 0.25) is 0 Å². The van der Waals surface area contributed by atoms with Gasteiger partial charge in [0, 0.05) is 22.6 Å². The van der Waals surface area contributed by atoms with Crippen molar-refractivity contribution in [2.45, 2.75) is 19.3 Å². The van der Waals surface area contributed by atoms with Gasteiger partial charge in [-0.15, -0.1) is 0 Å². The third-order valence-electron chi connectivity index (χ3n) is 10.7. The summed E-state index contributed by atoms with van der Waals surface area (Å²) >= 11 is 0. The molecule has 9 aromatic rings. The molecule has 0 radical (unpaired) electrons. The lowest BCUT2D eigenvalue weighted by atomic mass is 9.81. The number of benzene rings is 7. The summed E-state index contributed by atoms with van der Waals surface area (Å²) in [5.74, 6) is 0. The molecule has 2 heteroatoms. The predicted octanol–water partition coefficient (Wildman–Crippen LogP) is 12.4. The lowest BCUT2D eigenvalue weighted by Crippen LogP contribution is -2.15. The van der Waals surface area contributed by atoms with E-state index in [4.69, 9.17) is 9.97 Å². The molecule has 49 heavy (non-hydrogen) atoms. The van der Waals surface area contributed by atoms with E-state index in [2.05, 4.69) is 166 Å². The van der Waals surface area contributed by atoms with Crippen LogP contribution in [0.2, 0.25) is 0 Å². The highest BCUT2D eigenvalue weighted by molar-refractivity contribution is 6.21. The highest BCUT2D eigenvalue weighted by Gasteiger charge is 2.39. The fourth-order valence-electron chi connectivity index (χ4n) is 8.43. The molecule has 0 saturated heterocycles. The van der Waals surface area contributed by atoms with Gasteiger partial charge in [-0.2, -0.15) is 0 Å². The van der Waals surface area contributed by atoms with Crippen LogP contribution in [0.25, 0.3) is 88.0 Å². The summed E-state index contributed by atoms with van der Waals surface area (Å²) in [4.78, 5) is 10.5. The second kappa shape index (κ2) is 10.4. The highest BCUT2D eigenvalue weighted by Crippen LogP contribution is 2.51. The Kier molecular flexibility index (Phi) is 5.95. The third-order valence-corrected chi connectivity index (χ3v) is 10.7. The van der Waals surface area contributed by atoms with E-state index in [1.165, 1.54) is 76.5 Å². The zero-order chi connectivity index (χ0) is 32.7. The monoisotopic (exact) mass is 624 g/mol. The van der Waals surface area contributed by atoms with Gasteiger partial charge in [-0.05, 0) is 83.2 Å². The molecular formula is C47H32N2. The number of hydrogen-bond acceptors (Lipinski definition) is 2. The number of rotatable bonds is 3. The smallest absolute Gasteiger partial charge is 0.0937 e. The van der Waals surface area contributed by atoms with Crippen LogP contribution < -0.4 is 0 Å². The van der Waals surface area contributed by atoms with Gasteiger partial charge in [0.1, 0.15) is 0 Å². The Balaban J connectivity index is 1.21. The highest BCUT2D eigenvalue weighted by atomic mass is 14.8. The summed E-state index contributed by atoms with van der Waals surface area (Å²) in [5.41, 5.74) is 11.3. The van der Waals surface area contributed by atoms with Crippen molar-refractivity contribution in [1.29, 1.82) is 0 Å². The van der Waals surface area contributed by atoms with E-state index in [0.717, 1.165) is 22.6 Å². The maximum Gasteiger partial charge on any atom is 0.0937 e. The quantitative estimate of drug-likeness (QED) is 0.183. The van der Waals surface area contributed by atoms with Crippen molar-refractivity contribution in [2.75, 3.05) is 0 Å². The van der Waals surface area contributed by atoms with Crippen LogP contribution >= 0.6 is 0 Å². The van der Waals surface area contributed by atoms with E-state index >= 15 is 0 Å². The average Bonchev–Trinajstić information content (AvgIpc) is 3.39. The van der Waals surface area contributed by atoms with Crippen molar-refractivity contribution in [1.82, 2.24) is 9.97 Å². The second-order valence-corrected chi connectivity index (χ2v) is 13.7. The lowest BCUT2D eigenvalue weighted by molar-refractivity contribution is 0.664. The van der Waals surface area contributed by atoms with E-state index in [9.17, 15) is 0 Å². The molecule has 0 unspecified atom stereocenters. The molecule has 2 aromatic heterocycles. The first-order valence-electron chi connectivity index (χ1n) is 17.0. The molecule has 7 aromatic carbocycles. The molecule has 0 amide bonds. The summed E-state index contributed by atoms with van der Waals surface area (Å²) in [6.07, 6.45) is 2.00. The standard InChI is InChI=1S/C47H32N2/c1-47(2)40-25-26-41(49-45(40)46-44(47)35-19-6-4-14-32(35)28-48-46)43-38-22-9-7-20-36(38)42(37-21-8-10-23-39(37)43)31-17-11-16-30(27-31)34-24-12-15-29-13-3-5-18-33(29)34/h3-28H,1-2H3. The third kappa shape index (κ3) is 4.07. The molecule has 1 aliphatic carbocycles. The Hall–Kier alpha value is -6.12. The lowest BCUT2D eigenvalue weighted by Gasteiger charge is -2.22. The van der Waals surface area contributed by atoms with Gasteiger partial charge in [-0.3, -0.25) is 4.98 Å². The fourth-order valence-corrected chi connectivity index (χ4v) is 8.43. The van der Waals surface area contributed by atoms with E-state index in [1.54, 1.807) is 0 Å². The Bertz CT molecular complexity index is 2740. The Morgan fingerprint density at radius 2 is 1.02 bits per heavy atom. The van der Waals surface area contributed by atoms with Gasteiger partial charge in [0.05, 0.1) is 17.1 Å². The van der Waals surface area contributed by atoms with Crippen LogP contribution in [0, 0.1) is 0 Å². The van der Waals surface area contributed by atoms with Gasteiger partial charge >= 0.3 is 0 Å². The predicted molar refractivity (Wildman–Crippen MR) is 206 cm³/mol. The number of pyridine rings is 2. The molecule has 1 aliphatic rings. The van der Waals surface area contributed by atoms with Crippen LogP contribution in [0.15, 0.2) is 158 Å². The van der Waals surface area contributed by atoms with Crippen molar-refractivity contribution in [2.24, 2.45) is 0 Å². The molecule has 230 valence electrons. The second-order valence-electron chi connectivity index (χ2n) is 13.7. The van der Waals surface area contributed by atoms with Crippen molar-refractivity contribution < 1.29 is 0 Å². The zero-order valence-corrected chi connectivity index (χ0v) is 27.4. The molecule has 0 saturated carbocycles. The van der Waals surface area contributed by atoms with E-state index in [-0.39, 0.29) is 5.41 Å². The van der Waals surface area contributed by atoms with Crippen LogP contribution in [0.3, 0.4) is 0 Å². The summed E-state index contributed by atoms with van der Waals surface area (Å²) in [5, 5.41) is 9.77. The molecule has 0 bridgehead atoms. The van der Waals surface area contributed by atoms with Gasteiger partial charge in [-0.1, -0.05) is 153 Å². The van der Waals surface area contributed by atoms with Gasteiger partial charge in [-0.25, -0.2) is 4.98 Å². The maximum absolute atomic E-state index is 5.49. The molecule has 0 spiro atoms. The zero-order valence-electron chi connectivity index (χ0n) is 27.4. The van der Waals surface area contributed by atoms with Crippen LogP contribution in [-0.2, 0) is 5.41 Å². The molecule has 0 fully saturated rings. The molecule has 2 heterocycles. The summed E-state index contributed by atoms with van der Waals surface area (Å²) in [7, 11) is 0. The SMILES string of the molecule is CC1(C)c2ccc(-c3c4ccccc4c(-c4cccc(-c5cccc6ccccc56)c4)c4ccccc34)nc2-c2ncc3ccccc3c21. The Morgan fingerprint density at radius 1 is 0.449 bits per heavy atom. The van der Waals surface area contributed by atoms with Crippen LogP contribution in [0.4, 0.5) is 0 Å². The Morgan fingerprint density at radius 3 is 1.76 bits per heavy atom. The minimum absolute atomic E-state index is 0.201. The first-order chi connectivity index (χ1) is 24.1. The van der Waals surface area contributed by atoms with Crippen molar-refractivity contribution in [3.8, 4) is 44.9 Å². The van der Waals surface area contributed by atoms with Gasteiger partial charge in [0.25, 0.3) is 0 Å². The maximum atomic E-state index is 5.49. The topological polar surface area (TPSA) is 25.8 Å². The number of nitrogens with zero attached hydrogens (tertiary/aromatic N) is 2. The molecule has 0 atom stereocenters. The van der Waals surface area contributed by atoms with Crippen molar-refractivity contribution in [3.05, 3.63) is 169 Å². The largest absolute Gasteiger partial charge is 0.254 e. The van der Waals surface area contributed by atoms with Crippen LogP contribution in [0.5, 0.6) is 0 Å². The van der Waals surface area contributed by atoms with Gasteiger partial charge in [0.15, 0.2) is 0 Å². The molecule has 10 rings (SSSR count). The van der Waals surface area contributed by atoms with Crippen LogP contribution in [0.1, 0.15) is 25.0 Å². The van der Waals surface area contributed by atoms with Crippen LogP contribution in [-0.4, -0.2) is 9.97 Å². The van der Waals surface area contributed by atoms with E-state index < -0.39 is 0 Å². The number of hydrogen-bond donors (Lipinski definition) is 0. The normalized spacial score (nSPS) is 13.3. The first-order valence-corrected chi connectivity index (χ1v) is 17.0. The summed E-state index contributed by atoms with van der Waals surface area (Å²) < 4.78 is 0. The Labute approximate surface area is 285 Å².